The summed E-state index contributed by atoms with van der Waals surface area (Å²) in [5, 5.41) is 4.50. The molecule has 0 atom stereocenters. The van der Waals surface area contributed by atoms with Gasteiger partial charge in [-0.2, -0.15) is 0 Å². The van der Waals surface area contributed by atoms with Crippen molar-refractivity contribution >= 4 is 33.1 Å². The summed E-state index contributed by atoms with van der Waals surface area (Å²) >= 11 is 1.23. The molecule has 0 aliphatic heterocycles. The van der Waals surface area contributed by atoms with Crippen LogP contribution in [0, 0.1) is 13.8 Å². The minimum absolute atomic E-state index is 0.298. The first-order valence-corrected chi connectivity index (χ1v) is 11.6. The van der Waals surface area contributed by atoms with Crippen molar-refractivity contribution in [2.45, 2.75) is 20.4 Å². The van der Waals surface area contributed by atoms with Gasteiger partial charge in [-0.05, 0) is 42.5 Å². The van der Waals surface area contributed by atoms with Gasteiger partial charge in [0.2, 0.25) is 11.7 Å². The maximum Gasteiger partial charge on any atom is 0.336 e. The number of aryl methyl sites for hydroxylation is 1. The molecule has 182 valence electrons. The van der Waals surface area contributed by atoms with E-state index in [1.54, 1.807) is 35.7 Å². The number of hydrogen-bond acceptors (Lipinski definition) is 7. The largest absolute Gasteiger partial charge is 0.493 e. The number of thiophene rings is 1. The van der Waals surface area contributed by atoms with Crippen LogP contribution in [0.25, 0.3) is 15.9 Å². The molecule has 2 aromatic heterocycles. The number of amides is 1. The third-order valence-electron chi connectivity index (χ3n) is 5.82. The number of carbonyl (C=O) groups excluding carboxylic acids is 1. The lowest BCUT2D eigenvalue weighted by Gasteiger charge is -2.16. The SMILES string of the molecule is COc1cc(NC(=O)Cn2c(=O)n(-c3cccc(C)c3C)c(=O)c3sccc32)cc(OC)c1OC. The molecular weight excluding hydrogens is 470 g/mol. The molecule has 0 aliphatic rings. The van der Waals surface area contributed by atoms with Gasteiger partial charge in [0.05, 0.1) is 32.5 Å². The van der Waals surface area contributed by atoms with E-state index in [0.29, 0.717) is 38.8 Å². The second kappa shape index (κ2) is 9.67. The topological polar surface area (TPSA) is 101 Å². The fourth-order valence-electron chi connectivity index (χ4n) is 3.93. The van der Waals surface area contributed by atoms with Crippen LogP contribution in [-0.2, 0) is 11.3 Å². The maximum atomic E-state index is 13.5. The molecule has 10 heteroatoms. The van der Waals surface area contributed by atoms with Gasteiger partial charge in [-0.25, -0.2) is 9.36 Å². The zero-order valence-electron chi connectivity index (χ0n) is 20.0. The van der Waals surface area contributed by atoms with Crippen molar-refractivity contribution in [3.63, 3.8) is 0 Å². The molecule has 1 N–H and O–H groups in total. The molecule has 0 aliphatic carbocycles. The minimum atomic E-state index is -0.588. The van der Waals surface area contributed by atoms with Crippen LogP contribution in [0.15, 0.2) is 51.4 Å². The predicted octanol–water partition coefficient (Wildman–Crippen LogP) is 3.50. The summed E-state index contributed by atoms with van der Waals surface area (Å²) < 4.78 is 18.8. The summed E-state index contributed by atoms with van der Waals surface area (Å²) in [5.74, 6) is 0.691. The number of anilines is 1. The van der Waals surface area contributed by atoms with Crippen LogP contribution in [0.2, 0.25) is 0 Å². The van der Waals surface area contributed by atoms with Gasteiger partial charge in [-0.3, -0.25) is 14.2 Å². The summed E-state index contributed by atoms with van der Waals surface area (Å²) in [4.78, 5) is 39.8. The van der Waals surface area contributed by atoms with Gasteiger partial charge in [0, 0.05) is 17.8 Å². The fourth-order valence-corrected chi connectivity index (χ4v) is 4.75. The van der Waals surface area contributed by atoms with Crippen LogP contribution < -0.4 is 30.8 Å². The number of fused-ring (bicyclic) bond motifs is 1. The zero-order chi connectivity index (χ0) is 25.3. The summed E-state index contributed by atoms with van der Waals surface area (Å²) in [7, 11) is 4.45. The molecular formula is C25H25N3O6S. The average molecular weight is 496 g/mol. The first kappa shape index (κ1) is 24.1. The van der Waals surface area contributed by atoms with E-state index in [1.165, 1.54) is 37.2 Å². The lowest BCUT2D eigenvalue weighted by Crippen LogP contribution is -2.40. The lowest BCUT2D eigenvalue weighted by atomic mass is 10.1. The number of aromatic nitrogens is 2. The van der Waals surface area contributed by atoms with E-state index in [2.05, 4.69) is 5.32 Å². The second-order valence-electron chi connectivity index (χ2n) is 7.83. The molecule has 0 saturated heterocycles. The Morgan fingerprint density at radius 2 is 1.69 bits per heavy atom. The second-order valence-corrected chi connectivity index (χ2v) is 8.74. The number of benzene rings is 2. The molecule has 0 radical (unpaired) electrons. The number of ether oxygens (including phenoxy) is 3. The average Bonchev–Trinajstić information content (AvgIpc) is 3.34. The molecule has 0 bridgehead atoms. The van der Waals surface area contributed by atoms with Gasteiger partial charge < -0.3 is 19.5 Å². The molecule has 0 fully saturated rings. The Labute approximate surface area is 205 Å². The fraction of sp³-hybridized carbons (Fsp3) is 0.240. The van der Waals surface area contributed by atoms with Gasteiger partial charge in [0.25, 0.3) is 5.56 Å². The van der Waals surface area contributed by atoms with Crippen molar-refractivity contribution in [1.29, 1.82) is 0 Å². The molecule has 0 spiro atoms. The number of rotatable bonds is 7. The van der Waals surface area contributed by atoms with E-state index in [1.807, 2.05) is 19.9 Å². The Morgan fingerprint density at radius 3 is 2.31 bits per heavy atom. The molecule has 0 saturated carbocycles. The van der Waals surface area contributed by atoms with Crippen LogP contribution in [0.5, 0.6) is 17.2 Å². The van der Waals surface area contributed by atoms with Crippen molar-refractivity contribution in [2.75, 3.05) is 26.6 Å². The number of carbonyl (C=O) groups is 1. The van der Waals surface area contributed by atoms with Crippen molar-refractivity contribution in [3.05, 3.63) is 73.7 Å². The summed E-state index contributed by atoms with van der Waals surface area (Å²) in [6, 6.07) is 10.3. The number of nitrogens with one attached hydrogen (secondary N) is 1. The molecule has 9 nitrogen and oxygen atoms in total. The predicted molar refractivity (Wildman–Crippen MR) is 136 cm³/mol. The van der Waals surface area contributed by atoms with Crippen LogP contribution in [0.4, 0.5) is 5.69 Å². The van der Waals surface area contributed by atoms with Gasteiger partial charge in [-0.1, -0.05) is 12.1 Å². The minimum Gasteiger partial charge on any atom is -0.493 e. The highest BCUT2D eigenvalue weighted by molar-refractivity contribution is 7.17. The number of hydrogen-bond donors (Lipinski definition) is 1. The van der Waals surface area contributed by atoms with Gasteiger partial charge in [-0.15, -0.1) is 11.3 Å². The maximum absolute atomic E-state index is 13.5. The van der Waals surface area contributed by atoms with E-state index in [4.69, 9.17) is 14.2 Å². The van der Waals surface area contributed by atoms with Crippen molar-refractivity contribution in [2.24, 2.45) is 0 Å². The van der Waals surface area contributed by atoms with Crippen molar-refractivity contribution in [1.82, 2.24) is 9.13 Å². The highest BCUT2D eigenvalue weighted by atomic mass is 32.1. The molecule has 4 aromatic rings. The van der Waals surface area contributed by atoms with E-state index in [9.17, 15) is 14.4 Å². The molecule has 1 amide bonds. The molecule has 4 rings (SSSR count). The molecule has 2 aromatic carbocycles. The third kappa shape index (κ3) is 4.28. The third-order valence-corrected chi connectivity index (χ3v) is 6.71. The number of methoxy groups -OCH3 is 3. The van der Waals surface area contributed by atoms with E-state index < -0.39 is 17.2 Å². The van der Waals surface area contributed by atoms with Crippen molar-refractivity contribution in [3.8, 4) is 22.9 Å². The highest BCUT2D eigenvalue weighted by Crippen LogP contribution is 2.39. The van der Waals surface area contributed by atoms with Crippen LogP contribution in [-0.4, -0.2) is 36.4 Å². The Morgan fingerprint density at radius 1 is 1.00 bits per heavy atom. The van der Waals surface area contributed by atoms with Gasteiger partial charge in [0.15, 0.2) is 11.5 Å². The van der Waals surface area contributed by atoms with Crippen LogP contribution in [0.1, 0.15) is 11.1 Å². The Bertz CT molecular complexity index is 1520. The summed E-state index contributed by atoms with van der Waals surface area (Å²) in [5.41, 5.74) is 2.08. The smallest absolute Gasteiger partial charge is 0.336 e. The zero-order valence-corrected chi connectivity index (χ0v) is 20.8. The number of nitrogens with zero attached hydrogens (tertiary/aromatic N) is 2. The molecule has 0 unspecified atom stereocenters. The normalized spacial score (nSPS) is 10.9. The Hall–Kier alpha value is -4.05. The first-order valence-electron chi connectivity index (χ1n) is 10.7. The Kier molecular flexibility index (Phi) is 6.65. The first-order chi connectivity index (χ1) is 16.8. The van der Waals surface area contributed by atoms with Gasteiger partial charge >= 0.3 is 5.69 Å². The monoisotopic (exact) mass is 495 g/mol. The highest BCUT2D eigenvalue weighted by Gasteiger charge is 2.20. The van der Waals surface area contributed by atoms with E-state index in [0.717, 1.165) is 15.7 Å². The standard InChI is InChI=1S/C25H25N3O6S/c1-14-7-6-8-17(15(14)2)28-24(30)23-18(9-10-35-23)27(25(28)31)13-21(29)26-16-11-19(32-3)22(34-5)20(12-16)33-4/h6-12H,13H2,1-5H3,(H,26,29). The molecule has 35 heavy (non-hydrogen) atoms. The van der Waals surface area contributed by atoms with E-state index in [-0.39, 0.29) is 6.54 Å². The Balaban J connectivity index is 1.77. The summed E-state index contributed by atoms with van der Waals surface area (Å²) in [6.45, 7) is 3.47. The van der Waals surface area contributed by atoms with E-state index >= 15 is 0 Å². The summed E-state index contributed by atoms with van der Waals surface area (Å²) in [6.07, 6.45) is 0. The quantitative estimate of drug-likeness (QED) is 0.421. The van der Waals surface area contributed by atoms with Crippen LogP contribution >= 0.6 is 11.3 Å². The van der Waals surface area contributed by atoms with Gasteiger partial charge in [0.1, 0.15) is 11.2 Å². The van der Waals surface area contributed by atoms with Crippen LogP contribution in [0.3, 0.4) is 0 Å². The van der Waals surface area contributed by atoms with Crippen molar-refractivity contribution < 1.29 is 19.0 Å². The molecule has 2 heterocycles. The lowest BCUT2D eigenvalue weighted by molar-refractivity contribution is -0.116.